The summed E-state index contributed by atoms with van der Waals surface area (Å²) in [4.78, 5) is 9.10. The highest BCUT2D eigenvalue weighted by Crippen LogP contribution is 2.36. The predicted molar refractivity (Wildman–Crippen MR) is 157 cm³/mol. The second-order valence-electron chi connectivity index (χ2n) is 8.88. The van der Waals surface area contributed by atoms with Crippen molar-refractivity contribution in [2.24, 2.45) is 0 Å². The van der Waals surface area contributed by atoms with Crippen LogP contribution >= 0.6 is 38.6 Å². The number of pyridine rings is 2. The molecule has 0 amide bonds. The molecule has 0 saturated carbocycles. The van der Waals surface area contributed by atoms with Crippen LogP contribution in [0.2, 0.25) is 0 Å². The van der Waals surface area contributed by atoms with Gasteiger partial charge in [-0.1, -0.05) is 34.4 Å². The van der Waals surface area contributed by atoms with Crippen molar-refractivity contribution < 1.29 is 0 Å². The van der Waals surface area contributed by atoms with Crippen molar-refractivity contribution in [1.82, 2.24) is 9.97 Å². The van der Waals surface area contributed by atoms with Crippen LogP contribution in [0, 0.1) is 27.7 Å². The quantitative estimate of drug-likeness (QED) is 0.212. The first-order chi connectivity index (χ1) is 16.9. The molecule has 2 nitrogen and oxygen atoms in total. The van der Waals surface area contributed by atoms with Gasteiger partial charge >= 0.3 is 0 Å². The lowest BCUT2D eigenvalue weighted by atomic mass is 10.0. The van der Waals surface area contributed by atoms with E-state index in [1.807, 2.05) is 12.4 Å². The monoisotopic (exact) mass is 556 g/mol. The van der Waals surface area contributed by atoms with E-state index in [-0.39, 0.29) is 0 Å². The number of aryl methyl sites for hydroxylation is 4. The van der Waals surface area contributed by atoms with Crippen LogP contribution in [-0.2, 0) is 0 Å². The smallest absolute Gasteiger partial charge is 0.0880 e. The van der Waals surface area contributed by atoms with Crippen LogP contribution in [0.25, 0.3) is 42.7 Å². The van der Waals surface area contributed by atoms with E-state index in [1.165, 1.54) is 53.6 Å². The first-order valence-corrected chi connectivity index (χ1v) is 13.9. The molecule has 0 radical (unpaired) electrons. The summed E-state index contributed by atoms with van der Waals surface area (Å²) >= 11 is 7.05. The fourth-order valence-electron chi connectivity index (χ4n) is 4.46. The molecule has 0 bridgehead atoms. The lowest BCUT2D eigenvalue weighted by molar-refractivity contribution is 1.33. The Morgan fingerprint density at radius 3 is 1.69 bits per heavy atom. The Kier molecular flexibility index (Phi) is 6.83. The number of aromatic nitrogens is 2. The molecule has 6 rings (SSSR count). The maximum absolute atomic E-state index is 4.56. The van der Waals surface area contributed by atoms with Crippen molar-refractivity contribution in [3.05, 3.63) is 104 Å². The van der Waals surface area contributed by atoms with Gasteiger partial charge in [0, 0.05) is 23.5 Å². The molecule has 0 aliphatic carbocycles. The molecule has 0 fully saturated rings. The Hall–Kier alpha value is -2.86. The molecule has 174 valence electrons. The van der Waals surface area contributed by atoms with Crippen molar-refractivity contribution in [3.8, 4) is 22.5 Å². The molecule has 0 spiro atoms. The second-order valence-corrected chi connectivity index (χ2v) is 12.2. The van der Waals surface area contributed by atoms with E-state index >= 15 is 0 Å². The highest BCUT2D eigenvalue weighted by atomic mass is 79.9. The fraction of sp³-hybridized carbons (Fsp3) is 0.133. The molecular formula is C30H25BrN2S2. The molecule has 0 aliphatic heterocycles. The van der Waals surface area contributed by atoms with Crippen molar-refractivity contribution in [2.45, 2.75) is 27.7 Å². The molecule has 0 saturated heterocycles. The Labute approximate surface area is 222 Å². The number of hydrogen-bond acceptors (Lipinski definition) is 4. The van der Waals surface area contributed by atoms with Crippen LogP contribution in [0.1, 0.15) is 22.3 Å². The number of rotatable bonds is 2. The van der Waals surface area contributed by atoms with Crippen molar-refractivity contribution in [3.63, 3.8) is 0 Å². The van der Waals surface area contributed by atoms with E-state index in [2.05, 4.69) is 120 Å². The number of nitrogens with zero attached hydrogens (tertiary/aromatic N) is 2. The zero-order valence-corrected chi connectivity index (χ0v) is 23.3. The third kappa shape index (κ3) is 5.22. The summed E-state index contributed by atoms with van der Waals surface area (Å²) in [7, 11) is 0. The lowest BCUT2D eigenvalue weighted by Crippen LogP contribution is -1.86. The first-order valence-electron chi connectivity index (χ1n) is 11.4. The van der Waals surface area contributed by atoms with Crippen molar-refractivity contribution in [1.29, 1.82) is 0 Å². The minimum atomic E-state index is 1.08. The highest BCUT2D eigenvalue weighted by Gasteiger charge is 2.09. The van der Waals surface area contributed by atoms with E-state index < -0.39 is 0 Å². The van der Waals surface area contributed by atoms with Gasteiger partial charge in [-0.25, -0.2) is 0 Å². The lowest BCUT2D eigenvalue weighted by Gasteiger charge is -2.05. The van der Waals surface area contributed by atoms with Gasteiger partial charge in [-0.2, -0.15) is 0 Å². The molecule has 0 unspecified atom stereocenters. The van der Waals surface area contributed by atoms with E-state index in [1.54, 1.807) is 22.7 Å². The van der Waals surface area contributed by atoms with Crippen LogP contribution in [0.5, 0.6) is 0 Å². The zero-order valence-electron chi connectivity index (χ0n) is 20.1. The number of halogens is 1. The third-order valence-corrected chi connectivity index (χ3v) is 8.36. The average molecular weight is 558 g/mol. The minimum Gasteiger partial charge on any atom is -0.255 e. The summed E-state index contributed by atoms with van der Waals surface area (Å²) in [6, 6.07) is 21.6. The van der Waals surface area contributed by atoms with Crippen molar-refractivity contribution >= 4 is 58.8 Å². The first kappa shape index (κ1) is 23.9. The summed E-state index contributed by atoms with van der Waals surface area (Å²) in [5.74, 6) is 0. The van der Waals surface area contributed by atoms with Gasteiger partial charge in [0.15, 0.2) is 0 Å². The zero-order chi connectivity index (χ0) is 24.5. The van der Waals surface area contributed by atoms with Crippen LogP contribution in [0.3, 0.4) is 0 Å². The van der Waals surface area contributed by atoms with Gasteiger partial charge in [0.05, 0.1) is 24.6 Å². The van der Waals surface area contributed by atoms with Gasteiger partial charge in [-0.05, 0) is 108 Å². The number of hydrogen-bond donors (Lipinski definition) is 0. The summed E-state index contributed by atoms with van der Waals surface area (Å²) in [6.07, 6.45) is 3.77. The van der Waals surface area contributed by atoms with Crippen molar-refractivity contribution in [2.75, 3.05) is 0 Å². The molecular weight excluding hydrogens is 532 g/mol. The number of fused-ring (bicyclic) bond motifs is 2. The average Bonchev–Trinajstić information content (AvgIpc) is 3.43. The standard InChI is InChI=1S/C15H12BrNS.C15H13NS/c1-9-5-10(2)7-12(6-9)14-15-11(3-4-17-14)8-13(16)18-15;1-10-7-11(2)9-13(8-10)14-15-12(3-5-16-14)4-6-17-15/h3-8H,1-2H3;3-9H,1-2H3. The van der Waals surface area contributed by atoms with E-state index in [4.69, 9.17) is 0 Å². The molecule has 4 heterocycles. The van der Waals surface area contributed by atoms with E-state index in [9.17, 15) is 0 Å². The fourth-order valence-corrected chi connectivity index (χ4v) is 6.99. The predicted octanol–water partition coefficient (Wildman–Crippen LogP) is 9.92. The van der Waals surface area contributed by atoms with Crippen LogP contribution in [-0.4, -0.2) is 9.97 Å². The maximum atomic E-state index is 4.56. The van der Waals surface area contributed by atoms with Crippen LogP contribution in [0.15, 0.2) is 82.2 Å². The Balaban J connectivity index is 0.000000145. The molecule has 0 atom stereocenters. The normalized spacial score (nSPS) is 11.0. The minimum absolute atomic E-state index is 1.08. The molecule has 0 N–H and O–H groups in total. The Morgan fingerprint density at radius 2 is 1.11 bits per heavy atom. The Bertz CT molecular complexity index is 1620. The van der Waals surface area contributed by atoms with Gasteiger partial charge in [-0.3, -0.25) is 9.97 Å². The molecule has 2 aromatic carbocycles. The molecule has 0 aliphatic rings. The van der Waals surface area contributed by atoms with Crippen LogP contribution < -0.4 is 0 Å². The summed E-state index contributed by atoms with van der Waals surface area (Å²) in [6.45, 7) is 8.51. The summed E-state index contributed by atoms with van der Waals surface area (Å²) < 4.78 is 3.67. The maximum Gasteiger partial charge on any atom is 0.0880 e. The van der Waals surface area contributed by atoms with E-state index in [0.717, 1.165) is 15.2 Å². The van der Waals surface area contributed by atoms with Gasteiger partial charge < -0.3 is 0 Å². The van der Waals surface area contributed by atoms with Gasteiger partial charge in [0.25, 0.3) is 0 Å². The third-order valence-electron chi connectivity index (χ3n) is 5.76. The van der Waals surface area contributed by atoms with Gasteiger partial charge in [0.1, 0.15) is 0 Å². The van der Waals surface area contributed by atoms with Gasteiger partial charge in [-0.15, -0.1) is 22.7 Å². The SMILES string of the molecule is Cc1cc(C)cc(-c2nccc3cc(Br)sc23)c1.Cc1cc(C)cc(-c2nccc3ccsc23)c1. The second kappa shape index (κ2) is 10.0. The number of thiophene rings is 2. The molecule has 4 aromatic heterocycles. The molecule has 5 heteroatoms. The summed E-state index contributed by atoms with van der Waals surface area (Å²) in [5, 5.41) is 4.65. The van der Waals surface area contributed by atoms with E-state index in [0.29, 0.717) is 0 Å². The summed E-state index contributed by atoms with van der Waals surface area (Å²) in [5.41, 5.74) is 9.73. The number of benzene rings is 2. The Morgan fingerprint density at radius 1 is 0.600 bits per heavy atom. The van der Waals surface area contributed by atoms with Gasteiger partial charge in [0.2, 0.25) is 0 Å². The molecule has 35 heavy (non-hydrogen) atoms. The van der Waals surface area contributed by atoms with Crippen LogP contribution in [0.4, 0.5) is 0 Å². The topological polar surface area (TPSA) is 25.8 Å². The highest BCUT2D eigenvalue weighted by molar-refractivity contribution is 9.11. The largest absolute Gasteiger partial charge is 0.255 e. The molecule has 6 aromatic rings.